The van der Waals surface area contributed by atoms with Crippen molar-refractivity contribution in [2.45, 2.75) is 17.4 Å². The molecular formula is C33H23Cl2N3O4. The van der Waals surface area contributed by atoms with Gasteiger partial charge >= 0.3 is 0 Å². The quantitative estimate of drug-likeness (QED) is 0.184. The Labute approximate surface area is 251 Å². The minimum absolute atomic E-state index is 0.190. The molecule has 4 aromatic carbocycles. The van der Waals surface area contributed by atoms with Crippen LogP contribution in [0.3, 0.4) is 0 Å². The third kappa shape index (κ3) is 3.71. The van der Waals surface area contributed by atoms with Gasteiger partial charge in [0.1, 0.15) is 0 Å². The third-order valence-corrected chi connectivity index (χ3v) is 9.18. The molecule has 0 radical (unpaired) electrons. The summed E-state index contributed by atoms with van der Waals surface area (Å²) in [7, 11) is 0. The number of nitrogens with zero attached hydrogens (tertiary/aromatic N) is 2. The number of halogens is 2. The lowest BCUT2D eigenvalue weighted by Gasteiger charge is -2.52. The van der Waals surface area contributed by atoms with Gasteiger partial charge in [-0.3, -0.25) is 14.4 Å². The van der Waals surface area contributed by atoms with E-state index in [1.807, 2.05) is 48.5 Å². The topological polar surface area (TPSA) is 99.1 Å². The van der Waals surface area contributed by atoms with Crippen molar-refractivity contribution in [3.63, 3.8) is 0 Å². The number of hydrazone groups is 1. The molecule has 1 fully saturated rings. The van der Waals surface area contributed by atoms with Gasteiger partial charge in [-0.25, -0.2) is 10.3 Å². The second kappa shape index (κ2) is 9.91. The zero-order chi connectivity index (χ0) is 29.2. The molecule has 2 bridgehead atoms. The molecule has 42 heavy (non-hydrogen) atoms. The Morgan fingerprint density at radius 3 is 2.14 bits per heavy atom. The summed E-state index contributed by atoms with van der Waals surface area (Å²) in [6, 6.07) is 28.6. The predicted molar refractivity (Wildman–Crippen MR) is 159 cm³/mol. The molecule has 8 rings (SSSR count). The molecular weight excluding hydrogens is 573 g/mol. The average Bonchev–Trinajstić information content (AvgIpc) is 3.28. The first kappa shape index (κ1) is 26.6. The molecule has 3 aliphatic carbocycles. The number of rotatable bonds is 5. The zero-order valence-electron chi connectivity index (χ0n) is 21.9. The van der Waals surface area contributed by atoms with Crippen LogP contribution in [-0.4, -0.2) is 29.0 Å². The van der Waals surface area contributed by atoms with E-state index >= 15 is 0 Å². The maximum Gasteiger partial charge on any atom is 0.273 e. The molecule has 1 saturated heterocycles. The number of amides is 3. The second-order valence-electron chi connectivity index (χ2n) is 10.7. The summed E-state index contributed by atoms with van der Waals surface area (Å²) in [4.78, 5) is 42.7. The van der Waals surface area contributed by atoms with Gasteiger partial charge in [-0.15, -0.1) is 0 Å². The van der Waals surface area contributed by atoms with Crippen LogP contribution in [0.1, 0.15) is 39.8 Å². The Bertz CT molecular complexity index is 1760. The van der Waals surface area contributed by atoms with Crippen LogP contribution >= 0.6 is 23.2 Å². The lowest BCUT2D eigenvalue weighted by atomic mass is 9.47. The van der Waals surface area contributed by atoms with Gasteiger partial charge in [0, 0.05) is 17.2 Å². The number of nitrogens with one attached hydrogen (secondary N) is 1. The lowest BCUT2D eigenvalue weighted by molar-refractivity contribution is -0.129. The summed E-state index contributed by atoms with van der Waals surface area (Å²) < 4.78 is 0. The number of anilines is 1. The predicted octanol–water partition coefficient (Wildman–Crippen LogP) is 5.38. The Hall–Kier alpha value is -4.30. The minimum atomic E-state index is -1.44. The molecule has 7 nitrogen and oxygen atoms in total. The first-order valence-corrected chi connectivity index (χ1v) is 14.2. The summed E-state index contributed by atoms with van der Waals surface area (Å²) in [6.07, 6.45) is 0.110. The summed E-state index contributed by atoms with van der Waals surface area (Å²) in [5, 5.41) is 15.5. The van der Waals surface area contributed by atoms with Gasteiger partial charge in [0.15, 0.2) is 6.10 Å². The summed E-state index contributed by atoms with van der Waals surface area (Å²) >= 11 is 12.6. The number of aliphatic hydroxyl groups is 1. The minimum Gasteiger partial charge on any atom is -0.378 e. The summed E-state index contributed by atoms with van der Waals surface area (Å²) in [5.41, 5.74) is 5.48. The fourth-order valence-electron chi connectivity index (χ4n) is 7.00. The van der Waals surface area contributed by atoms with Crippen LogP contribution in [0.5, 0.6) is 0 Å². The molecule has 4 aliphatic rings. The van der Waals surface area contributed by atoms with Crippen LogP contribution in [-0.2, 0) is 19.8 Å². The first-order chi connectivity index (χ1) is 20.3. The number of benzene rings is 4. The SMILES string of the molecule is O=C(N/N=C\C12c3ccccc3C(c3ccccc31)[C@@H]1C(=O)N(c3ccc(Cl)cc3Cl)C(=O)[C@H]12)[C@@H](O)c1ccccc1. The van der Waals surface area contributed by atoms with Gasteiger partial charge in [-0.2, -0.15) is 5.10 Å². The van der Waals surface area contributed by atoms with Gasteiger partial charge in [0.25, 0.3) is 5.91 Å². The smallest absolute Gasteiger partial charge is 0.273 e. The van der Waals surface area contributed by atoms with Crippen molar-refractivity contribution in [3.8, 4) is 0 Å². The molecule has 3 amide bonds. The van der Waals surface area contributed by atoms with Crippen LogP contribution < -0.4 is 10.3 Å². The number of carbonyl (C=O) groups is 3. The normalized spacial score (nSPS) is 24.4. The average molecular weight is 596 g/mol. The fourth-order valence-corrected chi connectivity index (χ4v) is 7.49. The van der Waals surface area contributed by atoms with E-state index in [2.05, 4.69) is 10.5 Å². The highest BCUT2D eigenvalue weighted by Crippen LogP contribution is 2.63. The molecule has 1 aliphatic heterocycles. The molecule has 208 valence electrons. The molecule has 3 atom stereocenters. The van der Waals surface area contributed by atoms with E-state index in [4.69, 9.17) is 23.2 Å². The van der Waals surface area contributed by atoms with Crippen molar-refractivity contribution < 1.29 is 19.5 Å². The maximum atomic E-state index is 14.4. The van der Waals surface area contributed by atoms with Crippen molar-refractivity contribution in [3.05, 3.63) is 135 Å². The molecule has 4 aromatic rings. The van der Waals surface area contributed by atoms with Crippen molar-refractivity contribution >= 4 is 52.8 Å². The van der Waals surface area contributed by atoms with Gasteiger partial charge < -0.3 is 5.11 Å². The molecule has 2 N–H and O–H groups in total. The Balaban J connectivity index is 1.38. The summed E-state index contributed by atoms with van der Waals surface area (Å²) in [6.45, 7) is 0. The van der Waals surface area contributed by atoms with Gasteiger partial charge in [0.2, 0.25) is 11.8 Å². The third-order valence-electron chi connectivity index (χ3n) is 8.64. The maximum absolute atomic E-state index is 14.4. The van der Waals surface area contributed by atoms with E-state index < -0.39 is 35.2 Å². The monoisotopic (exact) mass is 595 g/mol. The van der Waals surface area contributed by atoms with E-state index in [1.54, 1.807) is 48.7 Å². The Kier molecular flexibility index (Phi) is 6.27. The van der Waals surface area contributed by atoms with Crippen LogP contribution in [0.4, 0.5) is 5.69 Å². The number of carbonyl (C=O) groups excluding carboxylic acids is 3. The van der Waals surface area contributed by atoms with Gasteiger partial charge in [0.05, 0.1) is 28.0 Å². The van der Waals surface area contributed by atoms with Crippen LogP contribution in [0, 0.1) is 11.8 Å². The molecule has 0 spiro atoms. The van der Waals surface area contributed by atoms with E-state index in [-0.39, 0.29) is 22.5 Å². The van der Waals surface area contributed by atoms with Gasteiger partial charge in [-0.05, 0) is 46.0 Å². The number of aliphatic hydroxyl groups excluding tert-OH is 1. The second-order valence-corrected chi connectivity index (χ2v) is 11.5. The van der Waals surface area contributed by atoms with Crippen molar-refractivity contribution in [2.24, 2.45) is 16.9 Å². The summed E-state index contributed by atoms with van der Waals surface area (Å²) in [5.74, 6) is -3.44. The largest absolute Gasteiger partial charge is 0.378 e. The molecule has 0 saturated carbocycles. The first-order valence-electron chi connectivity index (χ1n) is 13.4. The van der Waals surface area contributed by atoms with Crippen molar-refractivity contribution in [1.82, 2.24) is 5.43 Å². The molecule has 9 heteroatoms. The van der Waals surface area contributed by atoms with Crippen molar-refractivity contribution in [2.75, 3.05) is 4.90 Å². The lowest BCUT2D eigenvalue weighted by Crippen LogP contribution is -2.54. The number of imide groups is 1. The highest BCUT2D eigenvalue weighted by atomic mass is 35.5. The molecule has 0 aromatic heterocycles. The Morgan fingerprint density at radius 2 is 1.50 bits per heavy atom. The number of hydrogen-bond donors (Lipinski definition) is 2. The van der Waals surface area contributed by atoms with E-state index in [9.17, 15) is 19.5 Å². The van der Waals surface area contributed by atoms with E-state index in [0.717, 1.165) is 22.3 Å². The highest BCUT2D eigenvalue weighted by molar-refractivity contribution is 6.38. The van der Waals surface area contributed by atoms with Crippen molar-refractivity contribution in [1.29, 1.82) is 0 Å². The van der Waals surface area contributed by atoms with Crippen LogP contribution in [0.2, 0.25) is 10.0 Å². The Morgan fingerprint density at radius 1 is 0.881 bits per heavy atom. The van der Waals surface area contributed by atoms with Crippen LogP contribution in [0.25, 0.3) is 0 Å². The number of hydrogen-bond acceptors (Lipinski definition) is 5. The van der Waals surface area contributed by atoms with E-state index in [1.165, 1.54) is 11.0 Å². The highest BCUT2D eigenvalue weighted by Gasteiger charge is 2.68. The van der Waals surface area contributed by atoms with E-state index in [0.29, 0.717) is 10.6 Å². The molecule has 1 heterocycles. The van der Waals surface area contributed by atoms with Gasteiger partial charge in [-0.1, -0.05) is 102 Å². The fraction of sp³-hybridized carbons (Fsp3) is 0.152. The van der Waals surface area contributed by atoms with Crippen LogP contribution in [0.15, 0.2) is 102 Å². The molecule has 0 unspecified atom stereocenters. The zero-order valence-corrected chi connectivity index (χ0v) is 23.5. The standard InChI is InChI=1S/C33H23Cl2N3O4/c34-19-14-15-25(24(35)16-19)38-31(41)27-26-20-10-4-6-12-22(20)33(28(27)32(38)42,23-13-7-5-11-21(23)26)17-36-37-30(40)29(39)18-8-2-1-3-9-18/h1-17,26-29,39H,(H,37,40)/b36-17-/t26?,27-,28-,29-,33?/m0/s1.